The van der Waals surface area contributed by atoms with Gasteiger partial charge in [0.2, 0.25) is 0 Å². The Kier molecular flexibility index (Phi) is 41.1. The Morgan fingerprint density at radius 2 is 0.465 bits per heavy atom. The molecular formula is C32H65FO10. The number of rotatable bonds is 40. The Hall–Kier alpha value is -0.470. The van der Waals surface area contributed by atoms with Gasteiger partial charge < -0.3 is 47.4 Å². The lowest BCUT2D eigenvalue weighted by Crippen LogP contribution is -2.15. The van der Waals surface area contributed by atoms with E-state index in [0.29, 0.717) is 119 Å². The Morgan fingerprint density at radius 3 is 0.721 bits per heavy atom. The smallest absolute Gasteiger partial charge is 0.113 e. The Morgan fingerprint density at radius 1 is 0.256 bits per heavy atom. The van der Waals surface area contributed by atoms with Crippen LogP contribution in [0.5, 0.6) is 0 Å². The van der Waals surface area contributed by atoms with Gasteiger partial charge in [0.25, 0.3) is 0 Å². The standard InChI is InChI=1S/C32H65FO10/c1-2-3-4-5-6-7-8-9-10-11-13-34-15-17-36-19-21-38-23-25-40-27-29-42-31-32-43-30-28-41-26-24-39-22-20-37-18-16-35-14-12-33/h2-32H2,1H3. The molecule has 0 saturated heterocycles. The molecule has 10 nitrogen and oxygen atoms in total. The molecule has 0 aliphatic heterocycles. The maximum atomic E-state index is 11.8. The summed E-state index contributed by atoms with van der Waals surface area (Å²) in [5, 5.41) is 0. The molecular weight excluding hydrogens is 563 g/mol. The molecule has 0 atom stereocenters. The van der Waals surface area contributed by atoms with E-state index in [4.69, 9.17) is 47.4 Å². The van der Waals surface area contributed by atoms with Crippen molar-refractivity contribution in [3.05, 3.63) is 0 Å². The second-order valence-corrected chi connectivity index (χ2v) is 9.99. The fraction of sp³-hybridized carbons (Fsp3) is 1.00. The lowest BCUT2D eigenvalue weighted by Gasteiger charge is -2.09. The van der Waals surface area contributed by atoms with Gasteiger partial charge in [0.15, 0.2) is 0 Å². The molecule has 0 aromatic rings. The maximum absolute atomic E-state index is 11.8. The van der Waals surface area contributed by atoms with Crippen LogP contribution in [0.15, 0.2) is 0 Å². The second kappa shape index (κ2) is 41.5. The van der Waals surface area contributed by atoms with Crippen molar-refractivity contribution in [3.8, 4) is 0 Å². The molecule has 0 bridgehead atoms. The van der Waals surface area contributed by atoms with Crippen LogP contribution in [-0.2, 0) is 47.4 Å². The van der Waals surface area contributed by atoms with Gasteiger partial charge in [-0.3, -0.25) is 0 Å². The van der Waals surface area contributed by atoms with E-state index in [-0.39, 0.29) is 6.61 Å². The fourth-order valence-electron chi connectivity index (χ4n) is 3.83. The third-order valence-electron chi connectivity index (χ3n) is 6.21. The number of alkyl halides is 1. The lowest BCUT2D eigenvalue weighted by molar-refractivity contribution is -0.0265. The molecule has 0 fully saturated rings. The summed E-state index contributed by atoms with van der Waals surface area (Å²) in [7, 11) is 0. The zero-order chi connectivity index (χ0) is 31.0. The van der Waals surface area contributed by atoms with Crippen molar-refractivity contribution in [2.24, 2.45) is 0 Å². The molecule has 0 spiro atoms. The molecule has 0 N–H and O–H groups in total. The fourth-order valence-corrected chi connectivity index (χ4v) is 3.83. The van der Waals surface area contributed by atoms with Gasteiger partial charge in [-0.2, -0.15) is 0 Å². The van der Waals surface area contributed by atoms with Crippen molar-refractivity contribution >= 4 is 0 Å². The van der Waals surface area contributed by atoms with Crippen LogP contribution in [0.3, 0.4) is 0 Å². The van der Waals surface area contributed by atoms with Crippen LogP contribution in [0.4, 0.5) is 4.39 Å². The number of hydrogen-bond donors (Lipinski definition) is 0. The molecule has 0 aliphatic rings. The van der Waals surface area contributed by atoms with E-state index in [1.165, 1.54) is 57.8 Å². The average molecular weight is 629 g/mol. The van der Waals surface area contributed by atoms with Crippen molar-refractivity contribution < 1.29 is 51.8 Å². The highest BCUT2D eigenvalue weighted by Crippen LogP contribution is 2.10. The zero-order valence-corrected chi connectivity index (χ0v) is 27.4. The van der Waals surface area contributed by atoms with Crippen LogP contribution in [0, 0.1) is 0 Å². The normalized spacial score (nSPS) is 11.6. The van der Waals surface area contributed by atoms with Gasteiger partial charge in [-0.15, -0.1) is 0 Å². The average Bonchev–Trinajstić information content (AvgIpc) is 3.02. The van der Waals surface area contributed by atoms with Gasteiger partial charge in [0.05, 0.1) is 126 Å². The molecule has 0 heterocycles. The topological polar surface area (TPSA) is 92.3 Å². The summed E-state index contributed by atoms with van der Waals surface area (Å²) >= 11 is 0. The molecule has 0 saturated carbocycles. The summed E-state index contributed by atoms with van der Waals surface area (Å²) in [5.74, 6) is 0. The van der Waals surface area contributed by atoms with Crippen LogP contribution in [0.2, 0.25) is 0 Å². The van der Waals surface area contributed by atoms with E-state index in [1.54, 1.807) is 0 Å². The summed E-state index contributed by atoms with van der Waals surface area (Å²) in [6, 6.07) is 0. The van der Waals surface area contributed by atoms with E-state index < -0.39 is 6.67 Å². The van der Waals surface area contributed by atoms with Gasteiger partial charge in [-0.05, 0) is 6.42 Å². The van der Waals surface area contributed by atoms with Gasteiger partial charge in [0.1, 0.15) is 6.67 Å². The number of halogens is 1. The van der Waals surface area contributed by atoms with Gasteiger partial charge in [0, 0.05) is 6.61 Å². The zero-order valence-electron chi connectivity index (χ0n) is 27.4. The summed E-state index contributed by atoms with van der Waals surface area (Å²) in [4.78, 5) is 0. The summed E-state index contributed by atoms with van der Waals surface area (Å²) in [5.41, 5.74) is 0. The predicted octanol–water partition coefficient (Wildman–Crippen LogP) is 5.04. The van der Waals surface area contributed by atoms with Crippen LogP contribution in [-0.4, -0.2) is 139 Å². The molecule has 260 valence electrons. The summed E-state index contributed by atoms with van der Waals surface area (Å²) in [6.45, 7) is 12.1. The quantitative estimate of drug-likeness (QED) is 0.0860. The third-order valence-corrected chi connectivity index (χ3v) is 6.21. The lowest BCUT2D eigenvalue weighted by atomic mass is 10.1. The monoisotopic (exact) mass is 628 g/mol. The van der Waals surface area contributed by atoms with Crippen molar-refractivity contribution in [1.29, 1.82) is 0 Å². The van der Waals surface area contributed by atoms with E-state index in [9.17, 15) is 4.39 Å². The van der Waals surface area contributed by atoms with Crippen molar-refractivity contribution in [2.75, 3.05) is 139 Å². The largest absolute Gasteiger partial charge is 0.379 e. The van der Waals surface area contributed by atoms with Gasteiger partial charge in [-0.1, -0.05) is 64.7 Å². The first kappa shape index (κ1) is 42.5. The summed E-state index contributed by atoms with van der Waals surface area (Å²) < 4.78 is 66.0. The third kappa shape index (κ3) is 41.5. The van der Waals surface area contributed by atoms with Crippen LogP contribution >= 0.6 is 0 Å². The Labute approximate surface area is 261 Å². The van der Waals surface area contributed by atoms with Crippen molar-refractivity contribution in [1.82, 2.24) is 0 Å². The molecule has 11 heteroatoms. The van der Waals surface area contributed by atoms with E-state index in [0.717, 1.165) is 13.0 Å². The van der Waals surface area contributed by atoms with E-state index in [1.807, 2.05) is 0 Å². The number of unbranched alkanes of at least 4 members (excludes halogenated alkanes) is 9. The first-order valence-corrected chi connectivity index (χ1v) is 16.7. The van der Waals surface area contributed by atoms with Crippen LogP contribution in [0.1, 0.15) is 71.1 Å². The van der Waals surface area contributed by atoms with Crippen LogP contribution < -0.4 is 0 Å². The molecule has 0 aromatic carbocycles. The van der Waals surface area contributed by atoms with Crippen molar-refractivity contribution in [2.45, 2.75) is 71.1 Å². The van der Waals surface area contributed by atoms with Gasteiger partial charge in [-0.25, -0.2) is 4.39 Å². The molecule has 0 aromatic heterocycles. The Bertz CT molecular complexity index is 439. The number of ether oxygens (including phenoxy) is 10. The van der Waals surface area contributed by atoms with Crippen LogP contribution in [0.25, 0.3) is 0 Å². The van der Waals surface area contributed by atoms with Crippen molar-refractivity contribution in [3.63, 3.8) is 0 Å². The highest BCUT2D eigenvalue weighted by molar-refractivity contribution is 4.47. The second-order valence-electron chi connectivity index (χ2n) is 9.99. The SMILES string of the molecule is CCCCCCCCCCCCOCCOCCOCCOCCOCCOCCOCCOCCOCCOCCF. The molecule has 0 unspecified atom stereocenters. The molecule has 0 aliphatic carbocycles. The minimum atomic E-state index is -0.470. The van der Waals surface area contributed by atoms with E-state index >= 15 is 0 Å². The minimum Gasteiger partial charge on any atom is -0.379 e. The Balaban J connectivity index is 3.02. The number of hydrogen-bond acceptors (Lipinski definition) is 10. The first-order valence-electron chi connectivity index (χ1n) is 16.7. The molecule has 43 heavy (non-hydrogen) atoms. The maximum Gasteiger partial charge on any atom is 0.113 e. The molecule has 0 radical (unpaired) electrons. The van der Waals surface area contributed by atoms with E-state index in [2.05, 4.69) is 6.92 Å². The first-order chi connectivity index (χ1) is 21.4. The highest BCUT2D eigenvalue weighted by atomic mass is 19.1. The molecule has 0 amide bonds. The van der Waals surface area contributed by atoms with Gasteiger partial charge >= 0.3 is 0 Å². The predicted molar refractivity (Wildman–Crippen MR) is 166 cm³/mol. The summed E-state index contributed by atoms with van der Waals surface area (Å²) in [6.07, 6.45) is 13.4. The highest BCUT2D eigenvalue weighted by Gasteiger charge is 1.97. The minimum absolute atomic E-state index is 0.118. The molecule has 0 rings (SSSR count).